The second kappa shape index (κ2) is 10.3. The van der Waals surface area contributed by atoms with Crippen LogP contribution in [-0.4, -0.2) is 37.2 Å². The normalized spacial score (nSPS) is 14.1. The molecule has 4 heterocycles. The zero-order valence-corrected chi connectivity index (χ0v) is 20.8. The van der Waals surface area contributed by atoms with Crippen LogP contribution in [-0.2, 0) is 7.05 Å². The highest BCUT2D eigenvalue weighted by Crippen LogP contribution is 2.28. The summed E-state index contributed by atoms with van der Waals surface area (Å²) >= 11 is 6.40. The van der Waals surface area contributed by atoms with Crippen molar-refractivity contribution in [2.75, 3.05) is 23.3 Å². The maximum atomic E-state index is 12.8. The zero-order valence-electron chi connectivity index (χ0n) is 20.0. The number of pyridine rings is 1. The topological polar surface area (TPSA) is 80.9 Å². The van der Waals surface area contributed by atoms with Gasteiger partial charge in [0, 0.05) is 43.6 Å². The van der Waals surface area contributed by atoms with Crippen molar-refractivity contribution in [2.45, 2.75) is 33.6 Å². The van der Waals surface area contributed by atoms with E-state index in [0.717, 1.165) is 48.4 Å². The monoisotopic (exact) mass is 479 g/mol. The number of rotatable bonds is 4. The third-order valence-corrected chi connectivity index (χ3v) is 6.32. The number of piperidine rings is 1. The Bertz CT molecular complexity index is 1330. The zero-order chi connectivity index (χ0) is 24.2. The molecule has 1 aliphatic heterocycles. The fourth-order valence-electron chi connectivity index (χ4n) is 4.07. The van der Waals surface area contributed by atoms with E-state index < -0.39 is 0 Å². The van der Waals surface area contributed by atoms with E-state index in [9.17, 15) is 4.79 Å². The molecular weight excluding hydrogens is 450 g/mol. The van der Waals surface area contributed by atoms with E-state index in [1.54, 1.807) is 41.1 Å². The van der Waals surface area contributed by atoms with Crippen molar-refractivity contribution in [3.63, 3.8) is 0 Å². The minimum Gasteiger partial charge on any atom is -0.341 e. The van der Waals surface area contributed by atoms with Gasteiger partial charge in [-0.15, -0.1) is 0 Å². The van der Waals surface area contributed by atoms with E-state index in [-0.39, 0.29) is 5.56 Å². The number of hydrogen-bond donors (Lipinski definition) is 1. The highest BCUT2D eigenvalue weighted by atomic mass is 35.5. The molecule has 0 bridgehead atoms. The van der Waals surface area contributed by atoms with Gasteiger partial charge in [0.2, 0.25) is 5.95 Å². The van der Waals surface area contributed by atoms with Gasteiger partial charge in [-0.3, -0.25) is 4.79 Å². The van der Waals surface area contributed by atoms with Crippen LogP contribution in [0.25, 0.3) is 16.6 Å². The Kier molecular flexibility index (Phi) is 7.17. The summed E-state index contributed by atoms with van der Waals surface area (Å²) in [5, 5.41) is 4.70. The van der Waals surface area contributed by atoms with E-state index in [0.29, 0.717) is 22.5 Å². The number of benzene rings is 1. The first-order valence-electron chi connectivity index (χ1n) is 11.7. The quantitative estimate of drug-likeness (QED) is 0.434. The van der Waals surface area contributed by atoms with Crippen LogP contribution in [0.5, 0.6) is 0 Å². The maximum Gasteiger partial charge on any atom is 0.275 e. The lowest BCUT2D eigenvalue weighted by molar-refractivity contribution is 0.434. The molecule has 0 aliphatic carbocycles. The summed E-state index contributed by atoms with van der Waals surface area (Å²) in [6.07, 6.45) is 8.95. The van der Waals surface area contributed by atoms with Crippen molar-refractivity contribution in [1.29, 1.82) is 0 Å². The van der Waals surface area contributed by atoms with Crippen molar-refractivity contribution < 1.29 is 0 Å². The molecule has 8 nitrogen and oxygen atoms in total. The fraction of sp³-hybridized carbons (Fsp3) is 0.360. The molecule has 178 valence electrons. The summed E-state index contributed by atoms with van der Waals surface area (Å²) < 4.78 is 3.36. The Morgan fingerprint density at radius 1 is 1.15 bits per heavy atom. The van der Waals surface area contributed by atoms with Crippen molar-refractivity contribution in [3.8, 4) is 5.69 Å². The predicted molar refractivity (Wildman–Crippen MR) is 139 cm³/mol. The van der Waals surface area contributed by atoms with Crippen LogP contribution >= 0.6 is 11.6 Å². The number of anilines is 3. The van der Waals surface area contributed by atoms with Gasteiger partial charge in [0.15, 0.2) is 5.82 Å². The number of fused-ring (bicyclic) bond motifs is 1. The molecule has 5 rings (SSSR count). The first kappa shape index (κ1) is 23.8. The lowest BCUT2D eigenvalue weighted by atomic mass is 10.00. The van der Waals surface area contributed by atoms with Crippen LogP contribution in [0.15, 0.2) is 54.0 Å². The third kappa shape index (κ3) is 4.77. The molecule has 0 spiro atoms. The second-order valence-corrected chi connectivity index (χ2v) is 8.71. The van der Waals surface area contributed by atoms with E-state index in [1.807, 2.05) is 38.1 Å². The summed E-state index contributed by atoms with van der Waals surface area (Å²) in [4.78, 5) is 28.2. The van der Waals surface area contributed by atoms with Gasteiger partial charge in [-0.05, 0) is 43.0 Å². The molecule has 0 saturated carbocycles. The number of aromatic nitrogens is 5. The van der Waals surface area contributed by atoms with Gasteiger partial charge in [-0.25, -0.2) is 9.97 Å². The van der Waals surface area contributed by atoms with Gasteiger partial charge in [0.1, 0.15) is 10.7 Å². The van der Waals surface area contributed by atoms with Gasteiger partial charge in [-0.2, -0.15) is 4.98 Å². The van der Waals surface area contributed by atoms with Crippen LogP contribution in [0, 0.1) is 5.92 Å². The Morgan fingerprint density at radius 2 is 1.91 bits per heavy atom. The molecule has 1 fully saturated rings. The van der Waals surface area contributed by atoms with E-state index in [2.05, 4.69) is 27.1 Å². The number of imidazole rings is 1. The number of aryl methyl sites for hydroxylation is 1. The highest BCUT2D eigenvalue weighted by Gasteiger charge is 2.19. The number of hydrogen-bond acceptors (Lipinski definition) is 6. The first-order valence-corrected chi connectivity index (χ1v) is 12.0. The Morgan fingerprint density at radius 3 is 2.62 bits per heavy atom. The summed E-state index contributed by atoms with van der Waals surface area (Å²) in [6.45, 7) is 8.17. The Labute approximate surface area is 204 Å². The molecule has 3 aromatic heterocycles. The predicted octanol–water partition coefficient (Wildman–Crippen LogP) is 5.17. The Balaban J connectivity index is 0.00000133. The van der Waals surface area contributed by atoms with Gasteiger partial charge in [-0.1, -0.05) is 32.4 Å². The van der Waals surface area contributed by atoms with E-state index in [4.69, 9.17) is 16.6 Å². The smallest absolute Gasteiger partial charge is 0.275 e. The summed E-state index contributed by atoms with van der Waals surface area (Å²) in [7, 11) is 1.77. The van der Waals surface area contributed by atoms with E-state index >= 15 is 0 Å². The van der Waals surface area contributed by atoms with Crippen LogP contribution in [0.4, 0.5) is 17.5 Å². The first-order chi connectivity index (χ1) is 16.5. The van der Waals surface area contributed by atoms with E-state index in [1.165, 1.54) is 0 Å². The molecule has 1 N–H and O–H groups in total. The van der Waals surface area contributed by atoms with Crippen LogP contribution in [0.2, 0.25) is 5.02 Å². The molecule has 0 radical (unpaired) electrons. The molecule has 1 aliphatic rings. The largest absolute Gasteiger partial charge is 0.341 e. The molecule has 0 amide bonds. The fourth-order valence-corrected chi connectivity index (χ4v) is 4.21. The second-order valence-electron chi connectivity index (χ2n) is 8.30. The number of nitrogens with zero attached hydrogens (tertiary/aromatic N) is 6. The summed E-state index contributed by atoms with van der Waals surface area (Å²) in [5.74, 6) is 1.99. The SMILES string of the molecule is CC.CC1CCN(c2ncc(Cl)c(Nc3ccc4c(c3)cc(-n3ccnc3)c(=O)n4C)n2)CC1. The molecule has 0 unspecified atom stereocenters. The molecule has 1 saturated heterocycles. The maximum absolute atomic E-state index is 12.8. The van der Waals surface area contributed by atoms with Gasteiger partial charge in [0.05, 0.1) is 18.0 Å². The lowest BCUT2D eigenvalue weighted by Gasteiger charge is -2.30. The van der Waals surface area contributed by atoms with Gasteiger partial charge < -0.3 is 19.4 Å². The van der Waals surface area contributed by atoms with Crippen LogP contribution in [0.3, 0.4) is 0 Å². The third-order valence-electron chi connectivity index (χ3n) is 6.05. The highest BCUT2D eigenvalue weighted by molar-refractivity contribution is 6.32. The van der Waals surface area contributed by atoms with Gasteiger partial charge in [0.25, 0.3) is 5.56 Å². The summed E-state index contributed by atoms with van der Waals surface area (Å²) in [5.41, 5.74) is 2.11. The molecule has 9 heteroatoms. The minimum atomic E-state index is -0.0875. The number of halogens is 1. The minimum absolute atomic E-state index is 0.0875. The van der Waals surface area contributed by atoms with Crippen molar-refractivity contribution in [3.05, 3.63) is 64.6 Å². The average molecular weight is 480 g/mol. The van der Waals surface area contributed by atoms with Crippen molar-refractivity contribution in [2.24, 2.45) is 13.0 Å². The van der Waals surface area contributed by atoms with Crippen molar-refractivity contribution >= 4 is 40.0 Å². The average Bonchev–Trinajstić information content (AvgIpc) is 3.39. The van der Waals surface area contributed by atoms with Crippen LogP contribution in [0.1, 0.15) is 33.6 Å². The summed E-state index contributed by atoms with van der Waals surface area (Å²) in [6, 6.07) is 7.68. The molecule has 34 heavy (non-hydrogen) atoms. The Hall–Kier alpha value is -3.39. The molecular formula is C25H30ClN7O. The molecule has 1 aromatic carbocycles. The molecule has 0 atom stereocenters. The van der Waals surface area contributed by atoms with Crippen molar-refractivity contribution in [1.82, 2.24) is 24.1 Å². The standard InChI is InChI=1S/C23H24ClN7O.C2H6/c1-15-5-8-30(9-6-15)23-26-13-18(24)21(28-23)27-17-3-4-19-16(11-17)12-20(22(32)29(19)2)31-10-7-25-14-31;1-2/h3-4,7,10-15H,5-6,8-9H2,1-2H3,(H,26,27,28);1-2H3. The molecule has 4 aromatic rings. The lowest BCUT2D eigenvalue weighted by Crippen LogP contribution is -2.34. The number of nitrogens with one attached hydrogen (secondary N) is 1. The van der Waals surface area contributed by atoms with Gasteiger partial charge >= 0.3 is 0 Å². The van der Waals surface area contributed by atoms with Crippen LogP contribution < -0.4 is 15.8 Å².